The molecule has 1 heterocycles. The van der Waals surface area contributed by atoms with E-state index in [0.29, 0.717) is 41.6 Å². The highest BCUT2D eigenvalue weighted by molar-refractivity contribution is 6.32. The number of aryl methyl sites for hydroxylation is 1. The van der Waals surface area contributed by atoms with E-state index in [1.165, 1.54) is 12.1 Å². The summed E-state index contributed by atoms with van der Waals surface area (Å²) in [5.41, 5.74) is 0.882. The Balaban J connectivity index is 1.88. The van der Waals surface area contributed by atoms with Crippen molar-refractivity contribution < 1.29 is 9.53 Å². The molecule has 5 nitrogen and oxygen atoms in total. The normalized spacial score (nSPS) is 10.3. The number of ether oxygens (including phenoxy) is 1. The average Bonchev–Trinajstić information content (AvgIpc) is 2.52. The van der Waals surface area contributed by atoms with E-state index < -0.39 is 0 Å². The molecule has 1 aromatic carbocycles. The number of nitrogens with one attached hydrogen (secondary N) is 2. The van der Waals surface area contributed by atoms with Crippen LogP contribution in [0.4, 0.5) is 0 Å². The first-order valence-corrected chi connectivity index (χ1v) is 7.37. The van der Waals surface area contributed by atoms with Gasteiger partial charge in [-0.1, -0.05) is 30.7 Å². The third-order valence-corrected chi connectivity index (χ3v) is 3.39. The first-order valence-electron chi connectivity index (χ1n) is 6.99. The minimum absolute atomic E-state index is 0.213. The van der Waals surface area contributed by atoms with Crippen molar-refractivity contribution in [1.82, 2.24) is 10.3 Å². The van der Waals surface area contributed by atoms with Gasteiger partial charge in [0.15, 0.2) is 0 Å². The number of aromatic amines is 1. The highest BCUT2D eigenvalue weighted by atomic mass is 35.5. The fraction of sp³-hybridized carbons (Fsp3) is 0.250. The van der Waals surface area contributed by atoms with Gasteiger partial charge >= 0.3 is 0 Å². The molecule has 0 saturated heterocycles. The van der Waals surface area contributed by atoms with Crippen molar-refractivity contribution >= 4 is 17.5 Å². The number of halogens is 1. The molecule has 0 spiro atoms. The summed E-state index contributed by atoms with van der Waals surface area (Å²) in [6, 6.07) is 10.0. The Morgan fingerprint density at radius 3 is 2.77 bits per heavy atom. The zero-order valence-electron chi connectivity index (χ0n) is 12.2. The monoisotopic (exact) mass is 320 g/mol. The van der Waals surface area contributed by atoms with Gasteiger partial charge in [-0.05, 0) is 24.6 Å². The fourth-order valence-corrected chi connectivity index (χ4v) is 2.18. The molecule has 116 valence electrons. The molecule has 2 rings (SSSR count). The van der Waals surface area contributed by atoms with Crippen molar-refractivity contribution in [2.75, 3.05) is 13.2 Å². The van der Waals surface area contributed by atoms with Crippen LogP contribution in [0.25, 0.3) is 0 Å². The highest BCUT2D eigenvalue weighted by Crippen LogP contribution is 2.22. The van der Waals surface area contributed by atoms with Gasteiger partial charge in [-0.25, -0.2) is 0 Å². The van der Waals surface area contributed by atoms with Gasteiger partial charge in [0, 0.05) is 11.8 Å². The molecule has 0 aliphatic heterocycles. The summed E-state index contributed by atoms with van der Waals surface area (Å²) in [5, 5.41) is 3.28. The number of carbonyl (C=O) groups excluding carboxylic acids is 1. The van der Waals surface area contributed by atoms with Gasteiger partial charge in [-0.15, -0.1) is 0 Å². The standard InChI is InChI=1S/C16H17ClN2O3/c1-2-13-11(7-8-15(20)19-13)16(21)18-9-10-22-14-6-4-3-5-12(14)17/h3-8H,2,9-10H2,1H3,(H,18,21)(H,19,20). The summed E-state index contributed by atoms with van der Waals surface area (Å²) < 4.78 is 5.49. The summed E-state index contributed by atoms with van der Waals surface area (Å²) in [6.45, 7) is 2.52. The molecular formula is C16H17ClN2O3. The third kappa shape index (κ3) is 4.11. The van der Waals surface area contributed by atoms with Crippen LogP contribution in [0.3, 0.4) is 0 Å². The molecule has 1 aromatic heterocycles. The summed E-state index contributed by atoms with van der Waals surface area (Å²) in [7, 11) is 0. The predicted octanol–water partition coefficient (Wildman–Crippen LogP) is 2.40. The van der Waals surface area contributed by atoms with Gasteiger partial charge in [0.1, 0.15) is 12.4 Å². The highest BCUT2D eigenvalue weighted by Gasteiger charge is 2.10. The van der Waals surface area contributed by atoms with Crippen LogP contribution in [-0.2, 0) is 6.42 Å². The van der Waals surface area contributed by atoms with E-state index in [2.05, 4.69) is 10.3 Å². The molecule has 0 unspecified atom stereocenters. The Kier molecular flexibility index (Phi) is 5.61. The Bertz CT molecular complexity index is 713. The average molecular weight is 321 g/mol. The first kappa shape index (κ1) is 16.1. The number of hydrogen-bond donors (Lipinski definition) is 2. The van der Waals surface area contributed by atoms with Gasteiger partial charge in [0.2, 0.25) is 5.56 Å². The maximum absolute atomic E-state index is 12.1. The van der Waals surface area contributed by atoms with Crippen LogP contribution in [0, 0.1) is 0 Å². The van der Waals surface area contributed by atoms with Crippen molar-refractivity contribution in [1.29, 1.82) is 0 Å². The Morgan fingerprint density at radius 1 is 1.27 bits per heavy atom. The number of pyridine rings is 1. The lowest BCUT2D eigenvalue weighted by molar-refractivity contribution is 0.0945. The lowest BCUT2D eigenvalue weighted by atomic mass is 10.1. The smallest absolute Gasteiger partial charge is 0.253 e. The summed E-state index contributed by atoms with van der Waals surface area (Å²) in [5.74, 6) is 0.340. The maximum Gasteiger partial charge on any atom is 0.253 e. The van der Waals surface area contributed by atoms with Crippen LogP contribution in [0.15, 0.2) is 41.2 Å². The lowest BCUT2D eigenvalue weighted by Crippen LogP contribution is -2.29. The predicted molar refractivity (Wildman–Crippen MR) is 85.7 cm³/mol. The largest absolute Gasteiger partial charge is 0.490 e. The Morgan fingerprint density at radius 2 is 2.05 bits per heavy atom. The summed E-state index contributed by atoms with van der Waals surface area (Å²) in [4.78, 5) is 26.0. The molecule has 0 aliphatic carbocycles. The zero-order valence-corrected chi connectivity index (χ0v) is 12.9. The molecule has 0 saturated carbocycles. The molecule has 6 heteroatoms. The van der Waals surface area contributed by atoms with E-state index in [9.17, 15) is 9.59 Å². The molecule has 2 N–H and O–H groups in total. The van der Waals surface area contributed by atoms with Crippen LogP contribution < -0.4 is 15.6 Å². The Labute approximate surface area is 133 Å². The van der Waals surface area contributed by atoms with Crippen LogP contribution in [0.5, 0.6) is 5.75 Å². The van der Waals surface area contributed by atoms with Gasteiger partial charge in [0.05, 0.1) is 17.1 Å². The van der Waals surface area contributed by atoms with Gasteiger partial charge in [-0.3, -0.25) is 9.59 Å². The van der Waals surface area contributed by atoms with E-state index in [4.69, 9.17) is 16.3 Å². The molecule has 0 aliphatic rings. The van der Waals surface area contributed by atoms with Crippen molar-refractivity contribution in [3.8, 4) is 5.75 Å². The lowest BCUT2D eigenvalue weighted by Gasteiger charge is -2.10. The second kappa shape index (κ2) is 7.66. The molecule has 0 radical (unpaired) electrons. The summed E-state index contributed by atoms with van der Waals surface area (Å²) >= 11 is 5.97. The molecule has 22 heavy (non-hydrogen) atoms. The molecule has 1 amide bonds. The van der Waals surface area contributed by atoms with Gasteiger partial charge < -0.3 is 15.0 Å². The molecule has 0 bridgehead atoms. The van der Waals surface area contributed by atoms with Crippen LogP contribution in [0.1, 0.15) is 23.0 Å². The SMILES string of the molecule is CCc1[nH]c(=O)ccc1C(=O)NCCOc1ccccc1Cl. The van der Waals surface area contributed by atoms with Crippen LogP contribution in [-0.4, -0.2) is 24.0 Å². The number of hydrogen-bond acceptors (Lipinski definition) is 3. The van der Waals surface area contributed by atoms with E-state index in [-0.39, 0.29) is 11.5 Å². The van der Waals surface area contributed by atoms with Gasteiger partial charge in [0.25, 0.3) is 5.91 Å². The quantitative estimate of drug-likeness (QED) is 0.803. The number of benzene rings is 1. The number of H-pyrrole nitrogens is 1. The first-order chi connectivity index (χ1) is 10.6. The van der Waals surface area contributed by atoms with Gasteiger partial charge in [-0.2, -0.15) is 0 Å². The fourth-order valence-electron chi connectivity index (χ4n) is 1.99. The van der Waals surface area contributed by atoms with E-state index >= 15 is 0 Å². The second-order valence-electron chi connectivity index (χ2n) is 4.60. The van der Waals surface area contributed by atoms with Crippen molar-refractivity contribution in [3.63, 3.8) is 0 Å². The third-order valence-electron chi connectivity index (χ3n) is 3.08. The Hall–Kier alpha value is -2.27. The molecular weight excluding hydrogens is 304 g/mol. The number of aromatic nitrogens is 1. The maximum atomic E-state index is 12.1. The molecule has 0 atom stereocenters. The topological polar surface area (TPSA) is 71.2 Å². The second-order valence-corrected chi connectivity index (χ2v) is 5.01. The number of carbonyl (C=O) groups is 1. The van der Waals surface area contributed by atoms with Crippen molar-refractivity contribution in [2.24, 2.45) is 0 Å². The van der Waals surface area contributed by atoms with Crippen molar-refractivity contribution in [3.05, 3.63) is 63.0 Å². The van der Waals surface area contributed by atoms with Crippen molar-refractivity contribution in [2.45, 2.75) is 13.3 Å². The minimum atomic E-state index is -0.240. The molecule has 2 aromatic rings. The number of amides is 1. The van der Waals surface area contributed by atoms with Crippen LogP contribution >= 0.6 is 11.6 Å². The molecule has 0 fully saturated rings. The van der Waals surface area contributed by atoms with E-state index in [1.54, 1.807) is 12.1 Å². The van der Waals surface area contributed by atoms with E-state index in [0.717, 1.165) is 0 Å². The number of rotatable bonds is 6. The van der Waals surface area contributed by atoms with E-state index in [1.807, 2.05) is 19.1 Å². The van der Waals surface area contributed by atoms with Crippen LogP contribution in [0.2, 0.25) is 5.02 Å². The number of para-hydroxylation sites is 1. The zero-order chi connectivity index (χ0) is 15.9. The minimum Gasteiger partial charge on any atom is -0.490 e. The summed E-state index contributed by atoms with van der Waals surface area (Å²) in [6.07, 6.45) is 0.578.